The van der Waals surface area contributed by atoms with Crippen molar-refractivity contribution in [2.75, 3.05) is 20.8 Å². The van der Waals surface area contributed by atoms with Crippen LogP contribution in [0.4, 0.5) is 0 Å². The van der Waals surface area contributed by atoms with Gasteiger partial charge in [0.25, 0.3) is 5.91 Å². The van der Waals surface area contributed by atoms with E-state index in [9.17, 15) is 4.79 Å². The molecule has 36 heavy (non-hydrogen) atoms. The Morgan fingerprint density at radius 1 is 1.17 bits per heavy atom. The van der Waals surface area contributed by atoms with Crippen LogP contribution in [-0.4, -0.2) is 36.2 Å². The van der Waals surface area contributed by atoms with Crippen LogP contribution in [0.3, 0.4) is 0 Å². The Morgan fingerprint density at radius 3 is 2.67 bits per heavy atom. The fourth-order valence-electron chi connectivity index (χ4n) is 4.06. The highest BCUT2D eigenvalue weighted by molar-refractivity contribution is 7.13. The molecule has 0 spiro atoms. The van der Waals surface area contributed by atoms with E-state index in [0.29, 0.717) is 35.2 Å². The molecule has 186 valence electrons. The van der Waals surface area contributed by atoms with Crippen LogP contribution in [0.2, 0.25) is 5.02 Å². The summed E-state index contributed by atoms with van der Waals surface area (Å²) in [6, 6.07) is 15.5. The Bertz CT molecular complexity index is 1390. The predicted molar refractivity (Wildman–Crippen MR) is 147 cm³/mol. The van der Waals surface area contributed by atoms with Crippen molar-refractivity contribution >= 4 is 28.8 Å². The molecule has 8 heteroatoms. The molecule has 2 heterocycles. The fourth-order valence-corrected chi connectivity index (χ4v) is 5.20. The number of hydrogen-bond donors (Lipinski definition) is 1. The maximum absolute atomic E-state index is 12.9. The molecule has 0 radical (unpaired) electrons. The number of aryl methyl sites for hydroxylation is 1. The summed E-state index contributed by atoms with van der Waals surface area (Å²) in [7, 11) is 3.25. The molecule has 0 fully saturated rings. The summed E-state index contributed by atoms with van der Waals surface area (Å²) in [5.41, 5.74) is 5.16. The second-order valence-electron chi connectivity index (χ2n) is 8.14. The Labute approximate surface area is 220 Å². The van der Waals surface area contributed by atoms with Crippen molar-refractivity contribution in [1.82, 2.24) is 14.9 Å². The number of aromatic nitrogens is 2. The molecule has 1 N–H and O–H groups in total. The molecule has 0 bridgehead atoms. The first-order valence-electron chi connectivity index (χ1n) is 11.5. The minimum absolute atomic E-state index is 0.139. The highest BCUT2D eigenvalue weighted by Gasteiger charge is 2.20. The molecular weight excluding hydrogens is 494 g/mol. The number of nitrogens with zero attached hydrogens (tertiary/aromatic N) is 2. The number of carbonyl (C=O) groups excluding carboxylic acids is 1. The molecule has 0 aliphatic carbocycles. The third-order valence-corrected chi connectivity index (χ3v) is 7.17. The standard InChI is InChI=1S/C28H28ClN3O3S/c1-5-13-30-27(33)21-16-24(23-17-36-28(31-23)20-8-6-7-9-22(20)29)32(18(21)2)14-12-19-10-11-25(34-3)26(15-19)35-4/h5-11,15-17H,1,12-14H2,2-4H3,(H,30,33). The lowest BCUT2D eigenvalue weighted by atomic mass is 10.1. The number of ether oxygens (including phenoxy) is 2. The minimum Gasteiger partial charge on any atom is -0.493 e. The first-order chi connectivity index (χ1) is 17.5. The molecule has 1 amide bonds. The third-order valence-electron chi connectivity index (χ3n) is 5.96. The van der Waals surface area contributed by atoms with Crippen LogP contribution in [0.15, 0.2) is 66.6 Å². The number of carbonyl (C=O) groups is 1. The van der Waals surface area contributed by atoms with Gasteiger partial charge in [-0.05, 0) is 43.2 Å². The van der Waals surface area contributed by atoms with E-state index in [0.717, 1.165) is 39.6 Å². The lowest BCUT2D eigenvalue weighted by Crippen LogP contribution is -2.23. The zero-order valence-electron chi connectivity index (χ0n) is 20.5. The van der Waals surface area contributed by atoms with Crippen molar-refractivity contribution in [3.05, 3.63) is 88.4 Å². The Kier molecular flexibility index (Phi) is 8.13. The first kappa shape index (κ1) is 25.5. The molecule has 0 saturated heterocycles. The molecule has 0 aliphatic rings. The predicted octanol–water partition coefficient (Wildman–Crippen LogP) is 6.42. The maximum atomic E-state index is 12.9. The van der Waals surface area contributed by atoms with Gasteiger partial charge in [-0.25, -0.2) is 4.98 Å². The van der Waals surface area contributed by atoms with Crippen molar-refractivity contribution in [2.24, 2.45) is 0 Å². The van der Waals surface area contributed by atoms with E-state index in [1.165, 1.54) is 11.3 Å². The van der Waals surface area contributed by atoms with E-state index in [2.05, 4.69) is 16.5 Å². The van der Waals surface area contributed by atoms with Crippen LogP contribution >= 0.6 is 22.9 Å². The highest BCUT2D eigenvalue weighted by Crippen LogP contribution is 2.35. The average molecular weight is 522 g/mol. The van der Waals surface area contributed by atoms with Crippen molar-refractivity contribution in [1.29, 1.82) is 0 Å². The van der Waals surface area contributed by atoms with Gasteiger partial charge in [-0.1, -0.05) is 41.9 Å². The molecule has 2 aromatic carbocycles. The number of benzene rings is 2. The number of rotatable bonds is 10. The van der Waals surface area contributed by atoms with E-state index < -0.39 is 0 Å². The van der Waals surface area contributed by atoms with Gasteiger partial charge in [0.2, 0.25) is 0 Å². The van der Waals surface area contributed by atoms with Gasteiger partial charge in [0.1, 0.15) is 5.01 Å². The Hall–Kier alpha value is -3.55. The molecule has 4 rings (SSSR count). The molecule has 0 unspecified atom stereocenters. The summed E-state index contributed by atoms with van der Waals surface area (Å²) < 4.78 is 13.0. The Morgan fingerprint density at radius 2 is 1.94 bits per heavy atom. The number of methoxy groups -OCH3 is 2. The van der Waals surface area contributed by atoms with Crippen molar-refractivity contribution < 1.29 is 14.3 Å². The van der Waals surface area contributed by atoms with Crippen LogP contribution in [0.5, 0.6) is 11.5 Å². The molecule has 0 atom stereocenters. The van der Waals surface area contributed by atoms with Gasteiger partial charge in [0.15, 0.2) is 11.5 Å². The second-order valence-corrected chi connectivity index (χ2v) is 9.40. The zero-order chi connectivity index (χ0) is 25.7. The Balaban J connectivity index is 1.70. The van der Waals surface area contributed by atoms with Crippen molar-refractivity contribution in [3.8, 4) is 33.5 Å². The van der Waals surface area contributed by atoms with Gasteiger partial charge >= 0.3 is 0 Å². The lowest BCUT2D eigenvalue weighted by molar-refractivity contribution is 0.0957. The quantitative estimate of drug-likeness (QED) is 0.245. The van der Waals surface area contributed by atoms with Crippen LogP contribution in [0, 0.1) is 6.92 Å². The maximum Gasteiger partial charge on any atom is 0.253 e. The normalized spacial score (nSPS) is 10.8. The van der Waals surface area contributed by atoms with Gasteiger partial charge in [-0.3, -0.25) is 4.79 Å². The average Bonchev–Trinajstić information content (AvgIpc) is 3.50. The number of thiazole rings is 1. The SMILES string of the molecule is C=CCNC(=O)c1cc(-c2csc(-c3ccccc3Cl)n2)n(CCc2ccc(OC)c(OC)c2)c1C. The fraction of sp³-hybridized carbons (Fsp3) is 0.214. The molecular formula is C28H28ClN3O3S. The lowest BCUT2D eigenvalue weighted by Gasteiger charge is -2.13. The van der Waals surface area contributed by atoms with E-state index in [1.807, 2.05) is 60.8 Å². The second kappa shape index (κ2) is 11.5. The minimum atomic E-state index is -0.139. The van der Waals surface area contributed by atoms with Gasteiger partial charge < -0.3 is 19.4 Å². The van der Waals surface area contributed by atoms with Crippen LogP contribution in [0.25, 0.3) is 22.0 Å². The molecule has 4 aromatic rings. The van der Waals surface area contributed by atoms with E-state index >= 15 is 0 Å². The van der Waals surface area contributed by atoms with E-state index in [4.69, 9.17) is 26.1 Å². The monoisotopic (exact) mass is 521 g/mol. The summed E-state index contributed by atoms with van der Waals surface area (Å²) in [4.78, 5) is 17.8. The molecule has 2 aromatic heterocycles. The molecule has 0 saturated carbocycles. The smallest absolute Gasteiger partial charge is 0.253 e. The third kappa shape index (κ3) is 5.32. The van der Waals surface area contributed by atoms with Gasteiger partial charge in [-0.15, -0.1) is 17.9 Å². The van der Waals surface area contributed by atoms with Crippen molar-refractivity contribution in [2.45, 2.75) is 19.9 Å². The number of hydrogen-bond acceptors (Lipinski definition) is 5. The number of halogens is 1. The first-order valence-corrected chi connectivity index (χ1v) is 12.7. The van der Waals surface area contributed by atoms with Crippen molar-refractivity contribution in [3.63, 3.8) is 0 Å². The summed E-state index contributed by atoms with van der Waals surface area (Å²) in [5.74, 6) is 1.24. The van der Waals surface area contributed by atoms with Gasteiger partial charge in [0.05, 0.1) is 36.2 Å². The zero-order valence-corrected chi connectivity index (χ0v) is 22.1. The topological polar surface area (TPSA) is 65.4 Å². The summed E-state index contributed by atoms with van der Waals surface area (Å²) >= 11 is 7.94. The molecule has 6 nitrogen and oxygen atoms in total. The van der Waals surface area contributed by atoms with E-state index in [1.54, 1.807) is 20.3 Å². The van der Waals surface area contributed by atoms with Crippen LogP contribution < -0.4 is 14.8 Å². The summed E-state index contributed by atoms with van der Waals surface area (Å²) in [5, 5.41) is 6.38. The number of amides is 1. The van der Waals surface area contributed by atoms with Crippen LogP contribution in [0.1, 0.15) is 21.6 Å². The largest absolute Gasteiger partial charge is 0.493 e. The van der Waals surface area contributed by atoms with Gasteiger partial charge in [-0.2, -0.15) is 0 Å². The molecule has 0 aliphatic heterocycles. The summed E-state index contributed by atoms with van der Waals surface area (Å²) in [6.45, 7) is 6.71. The van der Waals surface area contributed by atoms with Crippen LogP contribution in [-0.2, 0) is 13.0 Å². The summed E-state index contributed by atoms with van der Waals surface area (Å²) in [6.07, 6.45) is 2.40. The highest BCUT2D eigenvalue weighted by atomic mass is 35.5. The van der Waals surface area contributed by atoms with E-state index in [-0.39, 0.29) is 5.91 Å². The number of nitrogens with one attached hydrogen (secondary N) is 1. The van der Waals surface area contributed by atoms with Gasteiger partial charge in [0, 0.05) is 29.7 Å².